The molecule has 0 radical (unpaired) electrons. The van der Waals surface area contributed by atoms with Crippen LogP contribution in [0.15, 0.2) is 79.1 Å². The van der Waals surface area contributed by atoms with Crippen LogP contribution in [0.2, 0.25) is 0 Å². The Kier molecular flexibility index (Phi) is 7.41. The molecule has 10 heteroatoms. The SMILES string of the molecule is COc1ccc(N2CCN(CCCNC(=O)c3ccc(Nc4nc5ccccc5n5cnnc45)cc3)CC2)cc1. The highest BCUT2D eigenvalue weighted by molar-refractivity contribution is 5.94. The van der Waals surface area contributed by atoms with E-state index in [-0.39, 0.29) is 5.91 Å². The molecular formula is C30H32N8O2. The summed E-state index contributed by atoms with van der Waals surface area (Å²) in [5.74, 6) is 1.42. The van der Waals surface area contributed by atoms with Crippen molar-refractivity contribution in [2.24, 2.45) is 0 Å². The lowest BCUT2D eigenvalue weighted by atomic mass is 10.2. The fourth-order valence-electron chi connectivity index (χ4n) is 5.06. The highest BCUT2D eigenvalue weighted by Gasteiger charge is 2.17. The molecular weight excluding hydrogens is 504 g/mol. The molecule has 1 fully saturated rings. The Morgan fingerprint density at radius 3 is 2.50 bits per heavy atom. The maximum Gasteiger partial charge on any atom is 0.251 e. The van der Waals surface area contributed by atoms with Gasteiger partial charge in [0.1, 0.15) is 12.1 Å². The summed E-state index contributed by atoms with van der Waals surface area (Å²) in [5.41, 5.74) is 5.09. The first-order valence-corrected chi connectivity index (χ1v) is 13.5. The number of para-hydroxylation sites is 2. The molecule has 1 aliphatic heterocycles. The van der Waals surface area contributed by atoms with E-state index < -0.39 is 0 Å². The number of aromatic nitrogens is 4. The Bertz CT molecular complexity index is 1590. The van der Waals surface area contributed by atoms with Crippen LogP contribution in [0.3, 0.4) is 0 Å². The second-order valence-electron chi connectivity index (χ2n) is 9.81. The number of rotatable bonds is 9. The number of ether oxygens (including phenoxy) is 1. The normalized spacial score (nSPS) is 14.0. The zero-order chi connectivity index (χ0) is 27.3. The summed E-state index contributed by atoms with van der Waals surface area (Å²) in [6, 6.07) is 23.5. The molecule has 1 amide bonds. The second kappa shape index (κ2) is 11.6. The monoisotopic (exact) mass is 536 g/mol. The number of carbonyl (C=O) groups excluding carboxylic acids is 1. The zero-order valence-electron chi connectivity index (χ0n) is 22.5. The molecule has 0 aliphatic carbocycles. The average Bonchev–Trinajstić information content (AvgIpc) is 3.51. The molecule has 0 bridgehead atoms. The van der Waals surface area contributed by atoms with Gasteiger partial charge in [-0.05, 0) is 73.6 Å². The first-order valence-electron chi connectivity index (χ1n) is 13.5. The van der Waals surface area contributed by atoms with E-state index in [1.54, 1.807) is 13.4 Å². The molecule has 0 atom stereocenters. The Balaban J connectivity index is 0.966. The molecule has 0 unspecified atom stereocenters. The van der Waals surface area contributed by atoms with E-state index in [0.717, 1.165) is 61.6 Å². The number of piperazine rings is 1. The van der Waals surface area contributed by atoms with Crippen molar-refractivity contribution in [1.29, 1.82) is 0 Å². The molecule has 2 N–H and O–H groups in total. The fraction of sp³-hybridized carbons (Fsp3) is 0.267. The predicted octanol–water partition coefficient (Wildman–Crippen LogP) is 3.97. The quantitative estimate of drug-likeness (QED) is 0.273. The minimum Gasteiger partial charge on any atom is -0.497 e. The van der Waals surface area contributed by atoms with Gasteiger partial charge < -0.3 is 20.3 Å². The first kappa shape index (κ1) is 25.6. The zero-order valence-corrected chi connectivity index (χ0v) is 22.5. The smallest absolute Gasteiger partial charge is 0.251 e. The highest BCUT2D eigenvalue weighted by Crippen LogP contribution is 2.24. The van der Waals surface area contributed by atoms with Gasteiger partial charge in [-0.25, -0.2) is 4.98 Å². The highest BCUT2D eigenvalue weighted by atomic mass is 16.5. The Labute approximate surface area is 232 Å². The predicted molar refractivity (Wildman–Crippen MR) is 157 cm³/mol. The van der Waals surface area contributed by atoms with E-state index >= 15 is 0 Å². The molecule has 6 rings (SSSR count). The van der Waals surface area contributed by atoms with E-state index in [1.807, 2.05) is 65.1 Å². The summed E-state index contributed by atoms with van der Waals surface area (Å²) < 4.78 is 7.17. The largest absolute Gasteiger partial charge is 0.497 e. The van der Waals surface area contributed by atoms with E-state index in [0.29, 0.717) is 23.6 Å². The molecule has 40 heavy (non-hydrogen) atoms. The third-order valence-corrected chi connectivity index (χ3v) is 7.29. The summed E-state index contributed by atoms with van der Waals surface area (Å²) in [6.45, 7) is 5.63. The Hall–Kier alpha value is -4.70. The lowest BCUT2D eigenvalue weighted by molar-refractivity contribution is 0.0951. The van der Waals surface area contributed by atoms with Crippen molar-refractivity contribution in [1.82, 2.24) is 29.8 Å². The second-order valence-corrected chi connectivity index (χ2v) is 9.81. The van der Waals surface area contributed by atoms with Crippen LogP contribution in [0.1, 0.15) is 16.8 Å². The van der Waals surface area contributed by atoms with Crippen molar-refractivity contribution in [2.75, 3.05) is 56.6 Å². The third-order valence-electron chi connectivity index (χ3n) is 7.29. The summed E-state index contributed by atoms with van der Waals surface area (Å²) in [7, 11) is 1.69. The molecule has 0 spiro atoms. The van der Waals surface area contributed by atoms with Gasteiger partial charge in [0, 0.05) is 49.7 Å². The van der Waals surface area contributed by atoms with Gasteiger partial charge >= 0.3 is 0 Å². The number of nitrogens with zero attached hydrogens (tertiary/aromatic N) is 6. The topological polar surface area (TPSA) is 99.9 Å². The minimum absolute atomic E-state index is 0.0699. The molecule has 2 aromatic heterocycles. The summed E-state index contributed by atoms with van der Waals surface area (Å²) in [6.07, 6.45) is 2.59. The van der Waals surface area contributed by atoms with E-state index in [1.165, 1.54) is 5.69 Å². The maximum atomic E-state index is 12.7. The van der Waals surface area contributed by atoms with Gasteiger partial charge in [-0.15, -0.1) is 10.2 Å². The third kappa shape index (κ3) is 5.52. The summed E-state index contributed by atoms with van der Waals surface area (Å²) >= 11 is 0. The van der Waals surface area contributed by atoms with Crippen LogP contribution in [0.5, 0.6) is 5.75 Å². The van der Waals surface area contributed by atoms with Crippen molar-refractivity contribution in [3.05, 3.63) is 84.7 Å². The standard InChI is InChI=1S/C30H32N8O2/c1-40-25-13-11-24(12-14-25)37-19-17-36(18-20-37)16-4-15-31-30(39)22-7-9-23(10-8-22)33-28-29-35-32-21-38(29)27-6-3-2-5-26(27)34-28/h2-3,5-14,21H,4,15-20H2,1H3,(H,31,39)(H,33,34). The number of methoxy groups -OCH3 is 1. The summed E-state index contributed by atoms with van der Waals surface area (Å²) in [4.78, 5) is 22.3. The van der Waals surface area contributed by atoms with Gasteiger partial charge in [0.2, 0.25) is 5.65 Å². The Morgan fingerprint density at radius 2 is 1.73 bits per heavy atom. The van der Waals surface area contributed by atoms with Crippen LogP contribution in [0.4, 0.5) is 17.2 Å². The molecule has 1 saturated heterocycles. The maximum absolute atomic E-state index is 12.7. The van der Waals surface area contributed by atoms with Crippen LogP contribution in [-0.2, 0) is 0 Å². The fourth-order valence-corrected chi connectivity index (χ4v) is 5.06. The molecule has 3 aromatic carbocycles. The molecule has 0 saturated carbocycles. The Morgan fingerprint density at radius 1 is 0.950 bits per heavy atom. The van der Waals surface area contributed by atoms with E-state index in [9.17, 15) is 4.79 Å². The number of nitrogens with one attached hydrogen (secondary N) is 2. The van der Waals surface area contributed by atoms with Crippen molar-refractivity contribution >= 4 is 39.8 Å². The van der Waals surface area contributed by atoms with Gasteiger partial charge in [-0.2, -0.15) is 0 Å². The van der Waals surface area contributed by atoms with Crippen LogP contribution >= 0.6 is 0 Å². The number of anilines is 3. The number of amides is 1. The number of hydrogen-bond acceptors (Lipinski definition) is 8. The van der Waals surface area contributed by atoms with Crippen LogP contribution in [-0.4, -0.2) is 76.8 Å². The average molecular weight is 537 g/mol. The minimum atomic E-state index is -0.0699. The lowest BCUT2D eigenvalue weighted by Gasteiger charge is -2.36. The molecule has 3 heterocycles. The molecule has 204 valence electrons. The first-order chi connectivity index (χ1) is 19.7. The summed E-state index contributed by atoms with van der Waals surface area (Å²) in [5, 5.41) is 14.6. The molecule has 5 aromatic rings. The van der Waals surface area contributed by atoms with Gasteiger partial charge in [0.25, 0.3) is 5.91 Å². The van der Waals surface area contributed by atoms with Crippen molar-refractivity contribution in [2.45, 2.75) is 6.42 Å². The van der Waals surface area contributed by atoms with Gasteiger partial charge in [0.05, 0.1) is 18.1 Å². The molecule has 1 aliphatic rings. The number of benzene rings is 3. The molecule has 10 nitrogen and oxygen atoms in total. The van der Waals surface area contributed by atoms with Gasteiger partial charge in [-0.1, -0.05) is 12.1 Å². The van der Waals surface area contributed by atoms with Crippen molar-refractivity contribution in [3.63, 3.8) is 0 Å². The van der Waals surface area contributed by atoms with Gasteiger partial charge in [-0.3, -0.25) is 14.1 Å². The van der Waals surface area contributed by atoms with Crippen molar-refractivity contribution < 1.29 is 9.53 Å². The number of carbonyl (C=O) groups is 1. The number of hydrogen-bond donors (Lipinski definition) is 2. The van der Waals surface area contributed by atoms with Gasteiger partial charge in [0.15, 0.2) is 5.82 Å². The number of fused-ring (bicyclic) bond motifs is 3. The van der Waals surface area contributed by atoms with Crippen LogP contribution in [0.25, 0.3) is 16.7 Å². The van der Waals surface area contributed by atoms with E-state index in [4.69, 9.17) is 9.72 Å². The van der Waals surface area contributed by atoms with Crippen LogP contribution in [0, 0.1) is 0 Å². The van der Waals surface area contributed by atoms with Crippen molar-refractivity contribution in [3.8, 4) is 5.75 Å². The van der Waals surface area contributed by atoms with E-state index in [2.05, 4.69) is 42.8 Å². The van der Waals surface area contributed by atoms with Crippen LogP contribution < -0.4 is 20.3 Å². The lowest BCUT2D eigenvalue weighted by Crippen LogP contribution is -2.47.